The predicted octanol–water partition coefficient (Wildman–Crippen LogP) is 3.97. The Kier molecular flexibility index (Phi) is 6.32. The quantitative estimate of drug-likeness (QED) is 0.223. The molecule has 39 heavy (non-hydrogen) atoms. The van der Waals surface area contributed by atoms with Gasteiger partial charge in [-0.15, -0.1) is 23.2 Å². The van der Waals surface area contributed by atoms with Gasteiger partial charge in [-0.1, -0.05) is 64.0 Å². The molecule has 0 spiro atoms. The summed E-state index contributed by atoms with van der Waals surface area (Å²) in [5, 5.41) is 13.6. The van der Waals surface area contributed by atoms with Crippen molar-refractivity contribution in [1.29, 1.82) is 0 Å². The van der Waals surface area contributed by atoms with Crippen LogP contribution in [0.2, 0.25) is 0 Å². The number of carbonyl (C=O) groups excluding carboxylic acids is 4. The average molecular weight is 634 g/mol. The molecule has 6 rings (SSSR count). The van der Waals surface area contributed by atoms with Crippen LogP contribution >= 0.6 is 39.1 Å². The zero-order valence-electron chi connectivity index (χ0n) is 20.4. The summed E-state index contributed by atoms with van der Waals surface area (Å²) in [4.78, 5) is 49.7. The van der Waals surface area contributed by atoms with E-state index >= 15 is 0 Å². The Balaban J connectivity index is 1.45. The van der Waals surface area contributed by atoms with Gasteiger partial charge in [0.05, 0.1) is 17.3 Å². The van der Waals surface area contributed by atoms with E-state index in [4.69, 9.17) is 27.9 Å². The lowest BCUT2D eigenvalue weighted by Gasteiger charge is -2.50. The Labute approximate surface area is 242 Å². The number of phenols is 1. The van der Waals surface area contributed by atoms with Crippen molar-refractivity contribution in [2.24, 2.45) is 17.8 Å². The number of fused-ring (bicyclic) bond motifs is 4. The minimum atomic E-state index is -1.97. The third kappa shape index (κ3) is 3.69. The fourth-order valence-electron chi connectivity index (χ4n) is 6.61. The molecule has 4 amide bonds. The second kappa shape index (κ2) is 9.35. The number of nitrogens with one attached hydrogen (secondary N) is 1. The molecule has 2 N–H and O–H groups in total. The van der Waals surface area contributed by atoms with Gasteiger partial charge in [-0.2, -0.15) is 0 Å². The number of alkyl halides is 3. The number of ether oxygens (including phenoxy) is 1. The fraction of sp³-hybridized carbons (Fsp3) is 0.357. The van der Waals surface area contributed by atoms with E-state index in [9.17, 15) is 24.3 Å². The Bertz CT molecular complexity index is 1450. The zero-order chi connectivity index (χ0) is 27.7. The predicted molar refractivity (Wildman–Crippen MR) is 145 cm³/mol. The molecule has 0 radical (unpaired) electrons. The summed E-state index contributed by atoms with van der Waals surface area (Å²) in [7, 11) is 0. The lowest BCUT2D eigenvalue weighted by Crippen LogP contribution is -2.60. The third-order valence-electron chi connectivity index (χ3n) is 8.42. The molecule has 0 bridgehead atoms. The Hall–Kier alpha value is -2.88. The van der Waals surface area contributed by atoms with E-state index in [2.05, 4.69) is 21.2 Å². The monoisotopic (exact) mass is 632 g/mol. The molecule has 4 aliphatic rings. The van der Waals surface area contributed by atoms with Gasteiger partial charge in [0.1, 0.15) is 18.1 Å². The van der Waals surface area contributed by atoms with Gasteiger partial charge in [-0.05, 0) is 30.4 Å². The number of likely N-dealkylation sites (tertiary alicyclic amines) is 1. The average Bonchev–Trinajstić information content (AvgIpc) is 3.29. The maximum absolute atomic E-state index is 13.7. The lowest BCUT2D eigenvalue weighted by molar-refractivity contribution is -0.138. The van der Waals surface area contributed by atoms with Crippen molar-refractivity contribution in [2.45, 2.75) is 35.1 Å². The molecule has 2 aliphatic carbocycles. The van der Waals surface area contributed by atoms with Gasteiger partial charge < -0.3 is 9.84 Å². The van der Waals surface area contributed by atoms with E-state index in [-0.39, 0.29) is 42.1 Å². The van der Waals surface area contributed by atoms with Gasteiger partial charge in [0, 0.05) is 17.5 Å². The van der Waals surface area contributed by atoms with Gasteiger partial charge in [0.2, 0.25) is 11.8 Å². The number of nitrogens with zero attached hydrogens (tertiary/aromatic N) is 1. The summed E-state index contributed by atoms with van der Waals surface area (Å²) in [6.45, 7) is 0.278. The molecule has 8 nitrogen and oxygen atoms in total. The topological polar surface area (TPSA) is 113 Å². The number of carbonyl (C=O) groups is 4. The number of aromatic hydroxyl groups is 1. The fourth-order valence-corrected chi connectivity index (χ4v) is 8.02. The molecular formula is C28H23BrCl2N2O6. The van der Waals surface area contributed by atoms with Crippen LogP contribution in [-0.2, 0) is 25.8 Å². The van der Waals surface area contributed by atoms with Crippen molar-refractivity contribution >= 4 is 62.8 Å². The number of halogens is 3. The smallest absolute Gasteiger partial charge is 0.254 e. The summed E-state index contributed by atoms with van der Waals surface area (Å²) in [5.74, 6) is -5.02. The SMILES string of the molecule is O=C1NC(=O)C2C1CC=C1C2CC2(Cl)C(=O)N(CBr)C(=O)C2(Cl)C1c1ccc(OCc2ccccc2)cc1O. The molecule has 3 fully saturated rings. The van der Waals surface area contributed by atoms with Crippen LogP contribution in [0.5, 0.6) is 11.5 Å². The van der Waals surface area contributed by atoms with E-state index in [1.165, 1.54) is 6.07 Å². The number of amides is 4. The van der Waals surface area contributed by atoms with Crippen molar-refractivity contribution in [3.05, 3.63) is 71.3 Å². The van der Waals surface area contributed by atoms with Gasteiger partial charge in [-0.25, -0.2) is 0 Å². The van der Waals surface area contributed by atoms with Crippen LogP contribution in [0.25, 0.3) is 0 Å². The third-order valence-corrected chi connectivity index (χ3v) is 10.3. The van der Waals surface area contributed by atoms with Crippen LogP contribution in [0, 0.1) is 17.8 Å². The van der Waals surface area contributed by atoms with Crippen molar-refractivity contribution < 1.29 is 29.0 Å². The molecule has 6 atom stereocenters. The summed E-state index contributed by atoms with van der Waals surface area (Å²) < 4.78 is 5.85. The molecule has 0 aromatic heterocycles. The molecule has 2 heterocycles. The Morgan fingerprint density at radius 2 is 1.77 bits per heavy atom. The van der Waals surface area contributed by atoms with Gasteiger partial charge in [0.15, 0.2) is 9.75 Å². The van der Waals surface area contributed by atoms with Gasteiger partial charge in [0.25, 0.3) is 11.8 Å². The van der Waals surface area contributed by atoms with Crippen molar-refractivity contribution in [2.75, 3.05) is 5.45 Å². The molecule has 202 valence electrons. The molecule has 2 aromatic carbocycles. The van der Waals surface area contributed by atoms with E-state index in [1.807, 2.05) is 36.4 Å². The lowest BCUT2D eigenvalue weighted by atomic mass is 9.56. The number of phenolic OH excluding ortho intramolecular Hbond substituents is 1. The molecule has 11 heteroatoms. The van der Waals surface area contributed by atoms with E-state index in [0.717, 1.165) is 10.5 Å². The van der Waals surface area contributed by atoms with Crippen LogP contribution in [-0.4, -0.2) is 48.8 Å². The molecular weight excluding hydrogens is 611 g/mol. The first-order valence-corrected chi connectivity index (χ1v) is 14.3. The van der Waals surface area contributed by atoms with Crippen molar-refractivity contribution in [1.82, 2.24) is 10.2 Å². The minimum absolute atomic E-state index is 0.102. The Morgan fingerprint density at radius 3 is 2.46 bits per heavy atom. The van der Waals surface area contributed by atoms with Crippen molar-refractivity contribution in [3.8, 4) is 11.5 Å². The number of imide groups is 2. The van der Waals surface area contributed by atoms with Crippen molar-refractivity contribution in [3.63, 3.8) is 0 Å². The van der Waals surface area contributed by atoms with E-state index in [0.29, 0.717) is 11.3 Å². The highest BCUT2D eigenvalue weighted by atomic mass is 79.9. The van der Waals surface area contributed by atoms with E-state index in [1.54, 1.807) is 12.1 Å². The normalized spacial score (nSPS) is 33.3. The number of allylic oxidation sites excluding steroid dienone is 2. The maximum atomic E-state index is 13.7. The number of hydrogen-bond donors (Lipinski definition) is 2. The molecule has 1 saturated carbocycles. The van der Waals surface area contributed by atoms with Gasteiger partial charge in [-0.3, -0.25) is 29.4 Å². The molecule has 2 aliphatic heterocycles. The van der Waals surface area contributed by atoms with Crippen LogP contribution in [0.4, 0.5) is 0 Å². The summed E-state index contributed by atoms with van der Waals surface area (Å²) >= 11 is 17.4. The minimum Gasteiger partial charge on any atom is -0.508 e. The van der Waals surface area contributed by atoms with Crippen LogP contribution < -0.4 is 10.1 Å². The second-order valence-electron chi connectivity index (χ2n) is 10.3. The van der Waals surface area contributed by atoms with Gasteiger partial charge >= 0.3 is 0 Å². The zero-order valence-corrected chi connectivity index (χ0v) is 23.5. The maximum Gasteiger partial charge on any atom is 0.254 e. The number of rotatable bonds is 5. The Morgan fingerprint density at radius 1 is 1.03 bits per heavy atom. The van der Waals surface area contributed by atoms with E-state index < -0.39 is 51.1 Å². The molecule has 2 saturated heterocycles. The highest BCUT2D eigenvalue weighted by Crippen LogP contribution is 2.65. The first kappa shape index (κ1) is 26.3. The number of hydrogen-bond acceptors (Lipinski definition) is 6. The summed E-state index contributed by atoms with van der Waals surface area (Å²) in [6.07, 6.45) is 1.97. The summed E-state index contributed by atoms with van der Waals surface area (Å²) in [6, 6.07) is 14.2. The van der Waals surface area contributed by atoms with Crippen LogP contribution in [0.1, 0.15) is 29.9 Å². The van der Waals surface area contributed by atoms with Crippen LogP contribution in [0.3, 0.4) is 0 Å². The molecule has 2 aromatic rings. The number of benzene rings is 2. The summed E-state index contributed by atoms with van der Waals surface area (Å²) in [5.41, 5.74) is 1.71. The highest BCUT2D eigenvalue weighted by molar-refractivity contribution is 9.09. The molecule has 6 unspecified atom stereocenters. The second-order valence-corrected chi connectivity index (χ2v) is 12.1. The standard InChI is InChI=1S/C28H23BrCl2N2O6/c29-13-33-25(37)27(30)11-19-16(8-9-18-21(19)24(36)32-23(18)35)22(28(27,31)26(33)38)17-7-6-15(10-20(17)34)39-12-14-4-2-1-3-5-14/h1-8,10,18-19,21-22,34H,9,11-13H2,(H,32,35,36). The first-order valence-electron chi connectivity index (χ1n) is 12.5. The highest BCUT2D eigenvalue weighted by Gasteiger charge is 2.76. The first-order chi connectivity index (χ1) is 18.6. The largest absolute Gasteiger partial charge is 0.508 e. The van der Waals surface area contributed by atoms with Crippen LogP contribution in [0.15, 0.2) is 60.2 Å².